The largest absolute Gasteiger partial charge is 0.383 e. The number of fused-ring (bicyclic) bond motifs is 3. The van der Waals surface area contributed by atoms with E-state index >= 15 is 0 Å². The molecule has 3 aromatic rings. The van der Waals surface area contributed by atoms with Gasteiger partial charge in [-0.3, -0.25) is 4.79 Å². The average Bonchev–Trinajstić information content (AvgIpc) is 2.93. The number of amides is 1. The smallest absolute Gasteiger partial charge is 0.225 e. The van der Waals surface area contributed by atoms with E-state index in [1.165, 1.54) is 11.3 Å². The zero-order valence-corrected chi connectivity index (χ0v) is 14.7. The molecule has 5 nitrogen and oxygen atoms in total. The fourth-order valence-corrected chi connectivity index (χ4v) is 4.77. The predicted octanol–water partition coefficient (Wildman–Crippen LogP) is 3.84. The van der Waals surface area contributed by atoms with Crippen molar-refractivity contribution in [1.29, 1.82) is 5.26 Å². The number of carbonyl (C=O) groups excluding carboxylic acids is 1. The molecule has 25 heavy (non-hydrogen) atoms. The minimum Gasteiger partial charge on any atom is -0.383 e. The molecule has 1 aliphatic rings. The number of nitrogens with zero attached hydrogens (tertiary/aromatic N) is 2. The van der Waals surface area contributed by atoms with E-state index in [1.807, 2.05) is 19.1 Å². The molecular weight excluding hydrogens is 332 g/mol. The van der Waals surface area contributed by atoms with Crippen LogP contribution in [0.25, 0.3) is 10.2 Å². The van der Waals surface area contributed by atoms with Crippen LogP contribution in [-0.2, 0) is 4.79 Å². The first-order chi connectivity index (χ1) is 12.0. The van der Waals surface area contributed by atoms with Crippen molar-refractivity contribution in [3.05, 3.63) is 52.1 Å². The zero-order valence-electron chi connectivity index (χ0n) is 13.9. The average molecular weight is 348 g/mol. The van der Waals surface area contributed by atoms with Gasteiger partial charge < -0.3 is 11.1 Å². The lowest BCUT2D eigenvalue weighted by atomic mass is 9.84. The Morgan fingerprint density at radius 3 is 2.84 bits per heavy atom. The molecule has 0 aliphatic carbocycles. The number of thiophene rings is 1. The maximum atomic E-state index is 12.3. The van der Waals surface area contributed by atoms with Crippen molar-refractivity contribution < 1.29 is 4.79 Å². The Balaban J connectivity index is 2.05. The number of pyridine rings is 1. The molecule has 1 aromatic carbocycles. The minimum atomic E-state index is -0.0575. The molecule has 6 heteroatoms. The van der Waals surface area contributed by atoms with Crippen LogP contribution in [0.15, 0.2) is 24.3 Å². The fourth-order valence-electron chi connectivity index (χ4n) is 3.55. The number of nitrogens with one attached hydrogen (secondary N) is 1. The molecule has 124 valence electrons. The summed E-state index contributed by atoms with van der Waals surface area (Å²) >= 11 is 1.47. The molecule has 0 saturated heterocycles. The van der Waals surface area contributed by atoms with Gasteiger partial charge in [-0.15, -0.1) is 11.3 Å². The number of nitriles is 1. The summed E-state index contributed by atoms with van der Waals surface area (Å²) in [5, 5.41) is 13.1. The van der Waals surface area contributed by atoms with Gasteiger partial charge in [0, 0.05) is 17.9 Å². The molecule has 1 amide bonds. The molecule has 4 rings (SSSR count). The summed E-state index contributed by atoms with van der Waals surface area (Å²) in [6.07, 6.45) is 0.379. The molecule has 0 saturated carbocycles. The molecule has 0 radical (unpaired) electrons. The second kappa shape index (κ2) is 5.57. The SMILES string of the molecule is Cc1ccccc1[C@@H]1CC(=O)Nc2sc3c(C)c(C#N)c(N)nc3c21. The standard InChI is InChI=1S/C19H16N4OS/c1-9-5-3-4-6-11(9)12-7-14(24)22-19-15(12)16-17(25-19)10(2)13(8-20)18(21)23-16/h3-6,12H,7H2,1-2H3,(H2,21,23)(H,22,24)/t12-/m0/s1. The lowest BCUT2D eigenvalue weighted by Crippen LogP contribution is -2.22. The molecule has 2 aromatic heterocycles. The van der Waals surface area contributed by atoms with Gasteiger partial charge in [0.15, 0.2) is 0 Å². The van der Waals surface area contributed by atoms with E-state index in [9.17, 15) is 10.1 Å². The Morgan fingerprint density at radius 2 is 2.12 bits per heavy atom. The fraction of sp³-hybridized carbons (Fsp3) is 0.211. The Labute approximate surface area is 149 Å². The van der Waals surface area contributed by atoms with Crippen LogP contribution >= 0.6 is 11.3 Å². The number of aromatic nitrogens is 1. The summed E-state index contributed by atoms with van der Waals surface area (Å²) in [7, 11) is 0. The number of anilines is 2. The van der Waals surface area contributed by atoms with Crippen LogP contribution in [0.5, 0.6) is 0 Å². The molecule has 1 atom stereocenters. The quantitative estimate of drug-likeness (QED) is 0.699. The van der Waals surface area contributed by atoms with E-state index in [0.717, 1.165) is 37.5 Å². The summed E-state index contributed by atoms with van der Waals surface area (Å²) in [4.78, 5) is 16.8. The van der Waals surface area contributed by atoms with Crippen molar-refractivity contribution in [2.75, 3.05) is 11.1 Å². The summed E-state index contributed by atoms with van der Waals surface area (Å²) in [5.74, 6) is 0.185. The number of aryl methyl sites for hydroxylation is 2. The van der Waals surface area contributed by atoms with Gasteiger partial charge in [0.2, 0.25) is 5.91 Å². The topological polar surface area (TPSA) is 91.8 Å². The van der Waals surface area contributed by atoms with Crippen molar-refractivity contribution in [1.82, 2.24) is 4.98 Å². The second-order valence-corrected chi connectivity index (χ2v) is 7.31. The maximum Gasteiger partial charge on any atom is 0.225 e. The molecule has 0 fully saturated rings. The number of rotatable bonds is 1. The summed E-state index contributed by atoms with van der Waals surface area (Å²) in [6.45, 7) is 3.93. The number of hydrogen-bond donors (Lipinski definition) is 2. The van der Waals surface area contributed by atoms with E-state index in [-0.39, 0.29) is 17.6 Å². The Bertz CT molecular complexity index is 1080. The number of hydrogen-bond acceptors (Lipinski definition) is 5. The Kier molecular flexibility index (Phi) is 3.48. The van der Waals surface area contributed by atoms with Crippen LogP contribution in [0.1, 0.15) is 40.2 Å². The zero-order chi connectivity index (χ0) is 17.7. The van der Waals surface area contributed by atoms with E-state index in [2.05, 4.69) is 35.4 Å². The first-order valence-corrected chi connectivity index (χ1v) is 8.80. The van der Waals surface area contributed by atoms with Crippen molar-refractivity contribution in [3.8, 4) is 6.07 Å². The summed E-state index contributed by atoms with van der Waals surface area (Å²) < 4.78 is 0.913. The van der Waals surface area contributed by atoms with E-state index in [1.54, 1.807) is 0 Å². The lowest BCUT2D eigenvalue weighted by Gasteiger charge is -2.24. The first kappa shape index (κ1) is 15.6. The first-order valence-electron chi connectivity index (χ1n) is 7.99. The van der Waals surface area contributed by atoms with Crippen LogP contribution in [0, 0.1) is 25.2 Å². The predicted molar refractivity (Wildman–Crippen MR) is 99.8 cm³/mol. The van der Waals surface area contributed by atoms with E-state index < -0.39 is 0 Å². The van der Waals surface area contributed by atoms with Crippen LogP contribution in [0.3, 0.4) is 0 Å². The third-order valence-corrected chi connectivity index (χ3v) is 6.02. The van der Waals surface area contributed by atoms with Gasteiger partial charge in [0.1, 0.15) is 16.9 Å². The van der Waals surface area contributed by atoms with E-state index in [0.29, 0.717) is 12.0 Å². The van der Waals surface area contributed by atoms with Crippen LogP contribution in [0.4, 0.5) is 10.8 Å². The number of nitrogens with two attached hydrogens (primary N) is 1. The Hall–Kier alpha value is -2.91. The van der Waals surface area contributed by atoms with Crippen molar-refractivity contribution >= 4 is 38.3 Å². The molecule has 3 heterocycles. The van der Waals surface area contributed by atoms with Crippen LogP contribution in [0.2, 0.25) is 0 Å². The molecule has 0 spiro atoms. The highest BCUT2D eigenvalue weighted by atomic mass is 32.1. The van der Waals surface area contributed by atoms with Crippen molar-refractivity contribution in [2.24, 2.45) is 0 Å². The van der Waals surface area contributed by atoms with Crippen molar-refractivity contribution in [2.45, 2.75) is 26.2 Å². The van der Waals surface area contributed by atoms with Gasteiger partial charge >= 0.3 is 0 Å². The minimum absolute atomic E-state index is 0.00144. The molecule has 1 aliphatic heterocycles. The van der Waals surface area contributed by atoms with Crippen LogP contribution < -0.4 is 11.1 Å². The molecule has 0 unspecified atom stereocenters. The number of nitrogen functional groups attached to an aromatic ring is 1. The molecular formula is C19H16N4OS. The van der Waals surface area contributed by atoms with Gasteiger partial charge in [-0.1, -0.05) is 24.3 Å². The summed E-state index contributed by atoms with van der Waals surface area (Å²) in [6, 6.07) is 10.2. The second-order valence-electron chi connectivity index (χ2n) is 6.29. The highest BCUT2D eigenvalue weighted by Crippen LogP contribution is 2.48. The van der Waals surface area contributed by atoms with Gasteiger partial charge in [-0.05, 0) is 30.5 Å². The molecule has 3 N–H and O–H groups in total. The van der Waals surface area contributed by atoms with Crippen molar-refractivity contribution in [3.63, 3.8) is 0 Å². The van der Waals surface area contributed by atoms with Crippen LogP contribution in [-0.4, -0.2) is 10.9 Å². The normalized spacial score (nSPS) is 16.4. The highest BCUT2D eigenvalue weighted by molar-refractivity contribution is 7.23. The maximum absolute atomic E-state index is 12.3. The van der Waals surface area contributed by atoms with Gasteiger partial charge in [-0.2, -0.15) is 5.26 Å². The third-order valence-electron chi connectivity index (χ3n) is 4.79. The highest BCUT2D eigenvalue weighted by Gasteiger charge is 2.32. The van der Waals surface area contributed by atoms with Gasteiger partial charge in [0.25, 0.3) is 0 Å². The molecule has 0 bridgehead atoms. The number of carbonyl (C=O) groups is 1. The third kappa shape index (κ3) is 2.28. The van der Waals surface area contributed by atoms with Gasteiger partial charge in [-0.25, -0.2) is 4.98 Å². The summed E-state index contributed by atoms with van der Waals surface area (Å²) in [5.41, 5.74) is 11.3. The number of benzene rings is 1. The lowest BCUT2D eigenvalue weighted by molar-refractivity contribution is -0.116. The Morgan fingerprint density at radius 1 is 1.36 bits per heavy atom. The van der Waals surface area contributed by atoms with Gasteiger partial charge in [0.05, 0.1) is 15.8 Å². The van der Waals surface area contributed by atoms with E-state index in [4.69, 9.17) is 5.73 Å². The monoisotopic (exact) mass is 348 g/mol.